The first-order valence-corrected chi connectivity index (χ1v) is 7.35. The van der Waals surface area contributed by atoms with Crippen LogP contribution < -0.4 is 5.32 Å². The van der Waals surface area contributed by atoms with E-state index >= 15 is 0 Å². The normalized spacial score (nSPS) is 18.8. The molecular weight excluding hydrogens is 263 g/mol. The maximum Gasteiger partial charge on any atom is 0.123 e. The third-order valence-electron chi connectivity index (χ3n) is 3.60. The van der Waals surface area contributed by atoms with Crippen molar-refractivity contribution in [1.82, 2.24) is 10.2 Å². The van der Waals surface area contributed by atoms with Gasteiger partial charge in [0.15, 0.2) is 0 Å². The van der Waals surface area contributed by atoms with Crippen LogP contribution in [0.5, 0.6) is 0 Å². The van der Waals surface area contributed by atoms with Crippen molar-refractivity contribution < 1.29 is 4.39 Å². The van der Waals surface area contributed by atoms with Crippen LogP contribution in [-0.4, -0.2) is 31.1 Å². The highest BCUT2D eigenvalue weighted by Crippen LogP contribution is 2.33. The van der Waals surface area contributed by atoms with Crippen LogP contribution in [-0.2, 0) is 0 Å². The predicted octanol–water partition coefficient (Wildman–Crippen LogP) is 3.47. The Morgan fingerprint density at radius 3 is 2.63 bits per heavy atom. The fourth-order valence-electron chi connectivity index (χ4n) is 2.68. The van der Waals surface area contributed by atoms with Crippen molar-refractivity contribution in [2.45, 2.75) is 26.3 Å². The van der Waals surface area contributed by atoms with Gasteiger partial charge in [-0.15, -0.1) is 0 Å². The summed E-state index contributed by atoms with van der Waals surface area (Å²) in [5.41, 5.74) is 0.928. The second-order valence-electron chi connectivity index (χ2n) is 5.60. The van der Waals surface area contributed by atoms with E-state index in [1.807, 2.05) is 0 Å². The average molecular weight is 285 g/mol. The molecule has 4 heteroatoms. The van der Waals surface area contributed by atoms with Crippen molar-refractivity contribution in [1.29, 1.82) is 0 Å². The minimum atomic E-state index is -0.205. The molecule has 0 unspecified atom stereocenters. The SMILES string of the molecule is CC(C)C[C@H](c1cc(F)ccc1Cl)N1CCNCC1. The molecule has 1 aromatic carbocycles. The van der Waals surface area contributed by atoms with E-state index in [0.717, 1.165) is 38.2 Å². The van der Waals surface area contributed by atoms with E-state index in [1.54, 1.807) is 12.1 Å². The third kappa shape index (κ3) is 3.91. The number of piperazine rings is 1. The van der Waals surface area contributed by atoms with Gasteiger partial charge in [-0.3, -0.25) is 4.90 Å². The number of hydrogen-bond acceptors (Lipinski definition) is 2. The smallest absolute Gasteiger partial charge is 0.123 e. The Labute approximate surface area is 119 Å². The van der Waals surface area contributed by atoms with Crippen LogP contribution >= 0.6 is 11.6 Å². The second kappa shape index (κ2) is 6.69. The highest BCUT2D eigenvalue weighted by molar-refractivity contribution is 6.31. The maximum absolute atomic E-state index is 13.5. The van der Waals surface area contributed by atoms with Crippen LogP contribution in [0.15, 0.2) is 18.2 Å². The summed E-state index contributed by atoms with van der Waals surface area (Å²) >= 11 is 6.28. The molecule has 2 rings (SSSR count). The highest BCUT2D eigenvalue weighted by atomic mass is 35.5. The summed E-state index contributed by atoms with van der Waals surface area (Å²) in [7, 11) is 0. The lowest BCUT2D eigenvalue weighted by molar-refractivity contribution is 0.154. The van der Waals surface area contributed by atoms with Crippen LogP contribution in [0.25, 0.3) is 0 Å². The molecule has 1 heterocycles. The van der Waals surface area contributed by atoms with Crippen LogP contribution in [0, 0.1) is 11.7 Å². The quantitative estimate of drug-likeness (QED) is 0.911. The van der Waals surface area contributed by atoms with Crippen molar-refractivity contribution in [3.63, 3.8) is 0 Å². The number of benzene rings is 1. The zero-order valence-corrected chi connectivity index (χ0v) is 12.4. The van der Waals surface area contributed by atoms with Gasteiger partial charge < -0.3 is 5.32 Å². The molecule has 1 fully saturated rings. The van der Waals surface area contributed by atoms with E-state index in [4.69, 9.17) is 11.6 Å². The molecule has 106 valence electrons. The lowest BCUT2D eigenvalue weighted by atomic mass is 9.95. The lowest BCUT2D eigenvalue weighted by Crippen LogP contribution is -2.45. The number of nitrogens with one attached hydrogen (secondary N) is 1. The first-order valence-electron chi connectivity index (χ1n) is 6.97. The topological polar surface area (TPSA) is 15.3 Å². The summed E-state index contributed by atoms with van der Waals surface area (Å²) < 4.78 is 13.5. The van der Waals surface area contributed by atoms with Crippen LogP contribution in [0.4, 0.5) is 4.39 Å². The number of rotatable bonds is 4. The molecule has 0 aromatic heterocycles. The van der Waals surface area contributed by atoms with E-state index in [-0.39, 0.29) is 11.9 Å². The molecule has 1 N–H and O–H groups in total. The fourth-order valence-corrected chi connectivity index (χ4v) is 2.93. The zero-order valence-electron chi connectivity index (χ0n) is 11.6. The predicted molar refractivity (Wildman–Crippen MR) is 78.0 cm³/mol. The summed E-state index contributed by atoms with van der Waals surface area (Å²) in [6, 6.07) is 4.90. The molecule has 0 radical (unpaired) electrons. The van der Waals surface area contributed by atoms with Gasteiger partial charge in [-0.05, 0) is 36.1 Å². The minimum Gasteiger partial charge on any atom is -0.314 e. The molecule has 1 aromatic rings. The maximum atomic E-state index is 13.5. The largest absolute Gasteiger partial charge is 0.314 e. The molecule has 0 saturated carbocycles. The van der Waals surface area contributed by atoms with Crippen molar-refractivity contribution in [2.24, 2.45) is 5.92 Å². The van der Waals surface area contributed by atoms with E-state index in [9.17, 15) is 4.39 Å². The first kappa shape index (κ1) is 14.8. The van der Waals surface area contributed by atoms with Crippen LogP contribution in [0.3, 0.4) is 0 Å². The van der Waals surface area contributed by atoms with Crippen molar-refractivity contribution in [2.75, 3.05) is 26.2 Å². The van der Waals surface area contributed by atoms with Gasteiger partial charge in [-0.25, -0.2) is 4.39 Å². The highest BCUT2D eigenvalue weighted by Gasteiger charge is 2.25. The number of halogens is 2. The Morgan fingerprint density at radius 1 is 1.32 bits per heavy atom. The monoisotopic (exact) mass is 284 g/mol. The average Bonchev–Trinajstić information content (AvgIpc) is 2.40. The van der Waals surface area contributed by atoms with Gasteiger partial charge in [0.05, 0.1) is 0 Å². The van der Waals surface area contributed by atoms with Crippen molar-refractivity contribution in [3.05, 3.63) is 34.6 Å². The minimum absolute atomic E-state index is 0.205. The van der Waals surface area contributed by atoms with E-state index in [0.29, 0.717) is 10.9 Å². The molecular formula is C15H22ClFN2. The van der Waals surface area contributed by atoms with Gasteiger partial charge in [0.25, 0.3) is 0 Å². The number of nitrogens with zero attached hydrogens (tertiary/aromatic N) is 1. The molecule has 0 amide bonds. The summed E-state index contributed by atoms with van der Waals surface area (Å²) in [5, 5.41) is 4.02. The molecule has 2 nitrogen and oxygen atoms in total. The van der Waals surface area contributed by atoms with Crippen LogP contribution in [0.1, 0.15) is 31.9 Å². The molecule has 1 aliphatic heterocycles. The van der Waals surface area contributed by atoms with Crippen LogP contribution in [0.2, 0.25) is 5.02 Å². The van der Waals surface area contributed by atoms with Crippen molar-refractivity contribution in [3.8, 4) is 0 Å². The van der Waals surface area contributed by atoms with E-state index < -0.39 is 0 Å². The lowest BCUT2D eigenvalue weighted by Gasteiger charge is -2.36. The Kier molecular flexibility index (Phi) is 5.20. The first-order chi connectivity index (χ1) is 9.08. The second-order valence-corrected chi connectivity index (χ2v) is 6.00. The molecule has 1 atom stereocenters. The number of hydrogen-bond donors (Lipinski definition) is 1. The Bertz CT molecular complexity index is 417. The fraction of sp³-hybridized carbons (Fsp3) is 0.600. The molecule has 0 aliphatic carbocycles. The molecule has 0 spiro atoms. The van der Waals surface area contributed by atoms with Gasteiger partial charge >= 0.3 is 0 Å². The summed E-state index contributed by atoms with van der Waals surface area (Å²) in [4.78, 5) is 2.41. The van der Waals surface area contributed by atoms with Gasteiger partial charge in [0, 0.05) is 37.2 Å². The van der Waals surface area contributed by atoms with Gasteiger partial charge in [-0.2, -0.15) is 0 Å². The Morgan fingerprint density at radius 2 is 2.00 bits per heavy atom. The van der Waals surface area contributed by atoms with E-state index in [2.05, 4.69) is 24.1 Å². The van der Waals surface area contributed by atoms with Gasteiger partial charge in [-0.1, -0.05) is 25.4 Å². The summed E-state index contributed by atoms with van der Waals surface area (Å²) in [6.45, 7) is 8.35. The third-order valence-corrected chi connectivity index (χ3v) is 3.95. The Balaban J connectivity index is 2.27. The van der Waals surface area contributed by atoms with Gasteiger partial charge in [0.1, 0.15) is 5.82 Å². The standard InChI is InChI=1S/C15H22ClFN2/c1-11(2)9-15(19-7-5-18-6-8-19)13-10-12(17)3-4-14(13)16/h3-4,10-11,15,18H,5-9H2,1-2H3/t15-/m1/s1. The van der Waals surface area contributed by atoms with Gasteiger partial charge in [0.2, 0.25) is 0 Å². The van der Waals surface area contributed by atoms with Crippen molar-refractivity contribution >= 4 is 11.6 Å². The summed E-state index contributed by atoms with van der Waals surface area (Å²) in [5.74, 6) is 0.350. The molecule has 0 bridgehead atoms. The van der Waals surface area contributed by atoms with E-state index in [1.165, 1.54) is 6.07 Å². The molecule has 19 heavy (non-hydrogen) atoms. The molecule has 1 aliphatic rings. The zero-order chi connectivity index (χ0) is 13.8. The molecule has 1 saturated heterocycles. The Hall–Kier alpha value is -0.640. The summed E-state index contributed by atoms with van der Waals surface area (Å²) in [6.07, 6.45) is 1.00.